The number of fused-ring (bicyclic) bond motifs is 1. The van der Waals surface area contributed by atoms with Crippen LogP contribution < -0.4 is 4.72 Å². The molecular weight excluding hydrogens is 418 g/mol. The first-order valence-electron chi connectivity index (χ1n) is 5.29. The van der Waals surface area contributed by atoms with Crippen LogP contribution in [0.15, 0.2) is 31.8 Å². The molecule has 0 aliphatic carbocycles. The number of rotatable bonds is 5. The summed E-state index contributed by atoms with van der Waals surface area (Å²) in [5, 5.41) is 0.992. The number of alkyl halides is 2. The summed E-state index contributed by atoms with van der Waals surface area (Å²) in [5.41, 5.74) is 0.392. The maximum absolute atomic E-state index is 12.5. The second kappa shape index (κ2) is 5.72. The van der Waals surface area contributed by atoms with Crippen LogP contribution in [0.4, 0.5) is 11.4 Å². The van der Waals surface area contributed by atoms with Crippen molar-refractivity contribution in [3.8, 4) is 0 Å². The highest BCUT2D eigenvalue weighted by atomic mass is 79.9. The smallest absolute Gasteiger partial charge is 0.207 e. The Kier molecular flexibility index (Phi) is 4.61. The Labute approximate surface area is 132 Å². The van der Waals surface area contributed by atoms with Crippen LogP contribution >= 0.6 is 31.9 Å². The molecule has 0 fully saturated rings. The first-order chi connectivity index (χ1) is 8.92. The fourth-order valence-electron chi connectivity index (χ4n) is 1.47. The van der Waals surface area contributed by atoms with Gasteiger partial charge in [-0.1, -0.05) is 37.9 Å². The van der Waals surface area contributed by atoms with Crippen LogP contribution in [0.3, 0.4) is 0 Å². The second-order valence-electron chi connectivity index (χ2n) is 4.32. The summed E-state index contributed by atoms with van der Waals surface area (Å²) in [6.45, 7) is 1.81. The molecule has 0 saturated heterocycles. The van der Waals surface area contributed by atoms with E-state index >= 15 is 0 Å². The van der Waals surface area contributed by atoms with Crippen LogP contribution in [0.2, 0.25) is 0 Å². The van der Waals surface area contributed by atoms with Crippen LogP contribution in [0.5, 0.6) is 0 Å². The summed E-state index contributed by atoms with van der Waals surface area (Å²) in [4.78, 5) is 0.159. The Bertz CT molecular complexity index is 665. The van der Waals surface area contributed by atoms with Gasteiger partial charge in [-0.15, -0.1) is 0 Å². The van der Waals surface area contributed by atoms with Gasteiger partial charge in [0.25, 0.3) is 0 Å². The minimum absolute atomic E-state index is 0.159. The van der Waals surface area contributed by atoms with Crippen LogP contribution in [0, 0.1) is 0 Å². The van der Waals surface area contributed by atoms with Crippen molar-refractivity contribution in [2.45, 2.75) is 17.4 Å². The Morgan fingerprint density at radius 3 is 2.63 bits per heavy atom. The monoisotopic (exact) mass is 427 g/mol. The maximum atomic E-state index is 12.5. The number of sulfonamides is 1. The highest BCUT2D eigenvalue weighted by molar-refractivity contribution is 9.09. The van der Waals surface area contributed by atoms with Crippen molar-refractivity contribution in [2.75, 3.05) is 10.7 Å². The van der Waals surface area contributed by atoms with Crippen molar-refractivity contribution in [3.05, 3.63) is 18.2 Å². The molecule has 0 amide bonds. The van der Waals surface area contributed by atoms with E-state index in [1.807, 2.05) is 6.92 Å². The molecule has 0 aromatic heterocycles. The zero-order chi connectivity index (χ0) is 14.1. The first-order valence-corrected chi connectivity index (χ1v) is 9.75. The largest absolute Gasteiger partial charge is 0.243 e. The van der Waals surface area contributed by atoms with Crippen molar-refractivity contribution >= 4 is 64.6 Å². The molecule has 19 heavy (non-hydrogen) atoms. The summed E-state index contributed by atoms with van der Waals surface area (Å²) in [7, 11) is -3.64. The van der Waals surface area contributed by atoms with E-state index in [4.69, 9.17) is 0 Å². The minimum Gasteiger partial charge on any atom is -0.207 e. The summed E-state index contributed by atoms with van der Waals surface area (Å²) in [5.74, 6) is 0. The minimum atomic E-state index is -3.64. The topological polar surface area (TPSA) is 70.9 Å². The van der Waals surface area contributed by atoms with Crippen LogP contribution in [-0.2, 0) is 21.4 Å². The molecule has 1 aliphatic rings. The highest BCUT2D eigenvalue weighted by Gasteiger charge is 2.31. The summed E-state index contributed by atoms with van der Waals surface area (Å²) < 4.78 is 35.7. The van der Waals surface area contributed by atoms with Gasteiger partial charge in [0.1, 0.15) is 16.3 Å². The molecule has 0 unspecified atom stereocenters. The van der Waals surface area contributed by atoms with E-state index in [-0.39, 0.29) is 4.90 Å². The molecule has 1 aromatic rings. The van der Waals surface area contributed by atoms with Gasteiger partial charge in [-0.3, -0.25) is 0 Å². The molecule has 0 bridgehead atoms. The number of benzene rings is 1. The third-order valence-electron chi connectivity index (χ3n) is 2.51. The fourth-order valence-corrected chi connectivity index (χ4v) is 5.22. The standard InChI is InChI=1S/C10H11Br2N3O2S2/c1-10(5-11,6-12)15-19(16,17)8-4-2-3-7-9(8)14-18-13-7/h2-4,15H,5-6H2,1H3. The van der Waals surface area contributed by atoms with Crippen LogP contribution in [-0.4, -0.2) is 24.6 Å². The Morgan fingerprint density at radius 1 is 1.32 bits per heavy atom. The third-order valence-corrected chi connectivity index (χ3v) is 7.20. The molecule has 2 rings (SSSR count). The zero-order valence-corrected chi connectivity index (χ0v) is 14.7. The van der Waals surface area contributed by atoms with Gasteiger partial charge in [0.2, 0.25) is 10.0 Å². The Balaban J connectivity index is 2.42. The van der Waals surface area contributed by atoms with E-state index in [0.717, 1.165) is 11.4 Å². The lowest BCUT2D eigenvalue weighted by Crippen LogP contribution is -2.48. The van der Waals surface area contributed by atoms with Gasteiger partial charge >= 0.3 is 0 Å². The number of halogens is 2. The third kappa shape index (κ3) is 3.15. The number of nitrogens with zero attached hydrogens (tertiary/aromatic N) is 2. The molecule has 0 atom stereocenters. The molecule has 0 spiro atoms. The van der Waals surface area contributed by atoms with Gasteiger partial charge in [-0.05, 0) is 19.1 Å². The van der Waals surface area contributed by atoms with Gasteiger partial charge < -0.3 is 0 Å². The van der Waals surface area contributed by atoms with Crippen LogP contribution in [0.1, 0.15) is 6.92 Å². The Hall–Kier alpha value is -0.0900. The van der Waals surface area contributed by atoms with E-state index in [2.05, 4.69) is 45.3 Å². The zero-order valence-electron chi connectivity index (χ0n) is 9.93. The number of hydrogen-bond donors (Lipinski definition) is 1. The lowest BCUT2D eigenvalue weighted by Gasteiger charge is -2.26. The van der Waals surface area contributed by atoms with Crippen molar-refractivity contribution in [3.63, 3.8) is 0 Å². The fraction of sp³-hybridized carbons (Fsp3) is 0.400. The quantitative estimate of drug-likeness (QED) is 0.742. The average Bonchev–Trinajstić information content (AvgIpc) is 2.85. The maximum Gasteiger partial charge on any atom is 0.243 e. The van der Waals surface area contributed by atoms with Crippen molar-refractivity contribution < 1.29 is 8.42 Å². The van der Waals surface area contributed by atoms with E-state index in [0.29, 0.717) is 22.0 Å². The van der Waals surface area contributed by atoms with E-state index in [1.54, 1.807) is 12.1 Å². The van der Waals surface area contributed by atoms with Crippen LogP contribution in [0.25, 0.3) is 0 Å². The van der Waals surface area contributed by atoms with Gasteiger partial charge in [0.05, 0.1) is 11.4 Å². The van der Waals surface area contributed by atoms with E-state index in [9.17, 15) is 8.42 Å². The molecule has 0 radical (unpaired) electrons. The van der Waals surface area contributed by atoms with Gasteiger partial charge in [0, 0.05) is 16.2 Å². The summed E-state index contributed by atoms with van der Waals surface area (Å²) in [6.07, 6.45) is 0. The molecule has 1 heterocycles. The lowest BCUT2D eigenvalue weighted by molar-refractivity contribution is 0.509. The lowest BCUT2D eigenvalue weighted by atomic mass is 10.1. The average molecular weight is 429 g/mol. The number of hydrogen-bond acceptors (Lipinski definition) is 4. The van der Waals surface area contributed by atoms with Gasteiger partial charge in [0.15, 0.2) is 0 Å². The van der Waals surface area contributed by atoms with Gasteiger partial charge in [-0.2, -0.15) is 8.73 Å². The van der Waals surface area contributed by atoms with E-state index < -0.39 is 15.6 Å². The summed E-state index contributed by atoms with van der Waals surface area (Å²) in [6, 6.07) is 4.94. The molecule has 104 valence electrons. The molecule has 5 nitrogen and oxygen atoms in total. The first kappa shape index (κ1) is 15.3. The highest BCUT2D eigenvalue weighted by Crippen LogP contribution is 2.37. The van der Waals surface area contributed by atoms with Crippen molar-refractivity contribution in [1.29, 1.82) is 0 Å². The molecular formula is C10H11Br2N3O2S2. The van der Waals surface area contributed by atoms with E-state index in [1.165, 1.54) is 6.07 Å². The van der Waals surface area contributed by atoms with Crippen molar-refractivity contribution in [2.24, 2.45) is 8.73 Å². The molecule has 1 aliphatic heterocycles. The summed E-state index contributed by atoms with van der Waals surface area (Å²) >= 11 is 7.64. The predicted octanol–water partition coefficient (Wildman–Crippen LogP) is 3.24. The molecule has 9 heteroatoms. The second-order valence-corrected chi connectivity index (χ2v) is 7.62. The normalized spacial score (nSPS) is 14.3. The molecule has 1 N–H and O–H groups in total. The number of nitrogens with one attached hydrogen (secondary N) is 1. The predicted molar refractivity (Wildman–Crippen MR) is 84.3 cm³/mol. The SMILES string of the molecule is CC(CBr)(CBr)NS(=O)(=O)c1cccc2c1N=S=N2. The van der Waals surface area contributed by atoms with Crippen molar-refractivity contribution in [1.82, 2.24) is 4.72 Å². The van der Waals surface area contributed by atoms with Gasteiger partial charge in [-0.25, -0.2) is 13.1 Å². The Morgan fingerprint density at radius 2 is 2.00 bits per heavy atom. The molecule has 1 aromatic carbocycles. The molecule has 0 saturated carbocycles.